The van der Waals surface area contributed by atoms with E-state index in [9.17, 15) is 14.9 Å². The fourth-order valence-corrected chi connectivity index (χ4v) is 8.43. The number of amides is 1. The van der Waals surface area contributed by atoms with Gasteiger partial charge in [-0.15, -0.1) is 11.3 Å². The summed E-state index contributed by atoms with van der Waals surface area (Å²) in [6.07, 6.45) is 0. The number of anilines is 3. The second kappa shape index (κ2) is 10.4. The molecule has 0 bridgehead atoms. The smallest absolute Gasteiger partial charge is 0.292 e. The molecule has 39 heavy (non-hydrogen) atoms. The third kappa shape index (κ3) is 4.84. The average Bonchev–Trinajstić information content (AvgIpc) is 3.52. The molecule has 0 radical (unpaired) electrons. The number of carbonyl (C=O) groups is 1. The van der Waals surface area contributed by atoms with Crippen LogP contribution in [-0.4, -0.2) is 54.9 Å². The maximum atomic E-state index is 15.4. The van der Waals surface area contributed by atoms with Gasteiger partial charge in [-0.25, -0.2) is 4.67 Å². The van der Waals surface area contributed by atoms with Crippen LogP contribution in [0.25, 0.3) is 0 Å². The highest BCUT2D eigenvalue weighted by Gasteiger charge is 2.44. The molecular weight excluding hydrogens is 537 g/mol. The Morgan fingerprint density at radius 2 is 1.87 bits per heavy atom. The Labute approximate surface area is 231 Å². The number of thiophene rings is 1. The van der Waals surface area contributed by atoms with Gasteiger partial charge in [0, 0.05) is 43.3 Å². The zero-order valence-corrected chi connectivity index (χ0v) is 24.1. The van der Waals surface area contributed by atoms with Crippen molar-refractivity contribution in [1.29, 1.82) is 0 Å². The SMILES string of the molecule is C[C@@H]1N(C)c2cc(NC(=O)c3cccs3)c([P@](=O)(Nc3ccccc3[N+](=O)[O-])N3CCOCC3)cc2C1(C)C. The molecule has 1 amide bonds. The van der Waals surface area contributed by atoms with Gasteiger partial charge in [0.15, 0.2) is 0 Å². The Morgan fingerprint density at radius 3 is 2.54 bits per heavy atom. The number of likely N-dealkylation sites (N-methyl/N-ethyl adjacent to an activating group) is 1. The van der Waals surface area contributed by atoms with Gasteiger partial charge in [0.25, 0.3) is 19.0 Å². The number of morpholine rings is 1. The summed E-state index contributed by atoms with van der Waals surface area (Å²) >= 11 is 1.32. The van der Waals surface area contributed by atoms with Gasteiger partial charge in [0.1, 0.15) is 5.69 Å². The number of hydrogen-bond donors (Lipinski definition) is 2. The van der Waals surface area contributed by atoms with Crippen molar-refractivity contribution in [3.8, 4) is 0 Å². The van der Waals surface area contributed by atoms with Crippen LogP contribution in [-0.2, 0) is 14.7 Å². The number of benzene rings is 2. The van der Waals surface area contributed by atoms with E-state index in [0.717, 1.165) is 11.3 Å². The van der Waals surface area contributed by atoms with Gasteiger partial charge in [-0.3, -0.25) is 19.5 Å². The minimum Gasteiger partial charge on any atom is -0.379 e. The molecule has 206 valence electrons. The van der Waals surface area contributed by atoms with E-state index < -0.39 is 12.4 Å². The predicted octanol–water partition coefficient (Wildman–Crippen LogP) is 5.29. The molecule has 2 atom stereocenters. The van der Waals surface area contributed by atoms with Gasteiger partial charge in [-0.1, -0.05) is 32.0 Å². The Bertz CT molecular complexity index is 1450. The van der Waals surface area contributed by atoms with E-state index >= 15 is 4.57 Å². The fraction of sp³-hybridized carbons (Fsp3) is 0.370. The number of nitro groups is 1. The summed E-state index contributed by atoms with van der Waals surface area (Å²) < 4.78 is 22.7. The van der Waals surface area contributed by atoms with Gasteiger partial charge >= 0.3 is 0 Å². The van der Waals surface area contributed by atoms with Crippen LogP contribution in [0.15, 0.2) is 53.9 Å². The number of carbonyl (C=O) groups excluding carboxylic acids is 1. The molecule has 5 rings (SSSR count). The lowest BCUT2D eigenvalue weighted by atomic mass is 9.81. The molecule has 2 aliphatic rings. The molecule has 0 unspecified atom stereocenters. The molecule has 3 aromatic rings. The summed E-state index contributed by atoms with van der Waals surface area (Å²) in [6, 6.07) is 13.7. The first-order valence-corrected chi connectivity index (χ1v) is 15.3. The van der Waals surface area contributed by atoms with Crippen molar-refractivity contribution in [1.82, 2.24) is 4.67 Å². The first-order valence-electron chi connectivity index (χ1n) is 12.8. The first-order chi connectivity index (χ1) is 18.5. The minimum absolute atomic E-state index is 0.148. The molecule has 10 nitrogen and oxygen atoms in total. The molecule has 1 fully saturated rings. The maximum absolute atomic E-state index is 15.4. The van der Waals surface area contributed by atoms with E-state index in [1.54, 1.807) is 35.0 Å². The van der Waals surface area contributed by atoms with E-state index in [2.05, 4.69) is 36.1 Å². The molecule has 1 aromatic heterocycles. The summed E-state index contributed by atoms with van der Waals surface area (Å²) in [5.41, 5.74) is 2.05. The van der Waals surface area contributed by atoms with Crippen LogP contribution in [0.3, 0.4) is 0 Å². The van der Waals surface area contributed by atoms with Crippen molar-refractivity contribution in [3.05, 3.63) is 74.5 Å². The molecule has 2 aliphatic heterocycles. The number of ether oxygens (including phenoxy) is 1. The highest BCUT2D eigenvalue weighted by molar-refractivity contribution is 7.71. The van der Waals surface area contributed by atoms with Gasteiger partial charge in [-0.2, -0.15) is 0 Å². The Hall–Kier alpha value is -3.24. The van der Waals surface area contributed by atoms with E-state index in [0.29, 0.717) is 42.2 Å². The number of nitrogens with one attached hydrogen (secondary N) is 2. The lowest BCUT2D eigenvalue weighted by Gasteiger charge is -2.36. The third-order valence-electron chi connectivity index (χ3n) is 7.89. The monoisotopic (exact) mass is 569 g/mol. The van der Waals surface area contributed by atoms with Crippen LogP contribution in [0.2, 0.25) is 0 Å². The molecule has 12 heteroatoms. The van der Waals surface area contributed by atoms with Crippen LogP contribution in [0.1, 0.15) is 36.0 Å². The van der Waals surface area contributed by atoms with Crippen molar-refractivity contribution in [3.63, 3.8) is 0 Å². The number of nitro benzene ring substituents is 1. The second-order valence-corrected chi connectivity index (χ2v) is 13.7. The lowest BCUT2D eigenvalue weighted by molar-refractivity contribution is -0.383. The van der Waals surface area contributed by atoms with Gasteiger partial charge in [0.05, 0.1) is 34.0 Å². The standard InChI is InChI=1S/C27H32N5O5PS/c1-18-27(2,3)19-16-24(21(17-23(19)30(18)4)28-26(33)25-10-7-15-39-25)38(36,31-11-13-37-14-12-31)29-20-8-5-6-9-22(20)32(34)35/h5-10,15-18H,11-14H2,1-4H3,(H,28,33)(H,29,36)/t18-,38-/m0/s1. The van der Waals surface area contributed by atoms with Crippen molar-refractivity contribution < 1.29 is 19.0 Å². The average molecular weight is 570 g/mol. The van der Waals surface area contributed by atoms with Crippen LogP contribution < -0.4 is 20.6 Å². The molecule has 2 aromatic carbocycles. The molecule has 0 aliphatic carbocycles. The number of hydrogen-bond acceptors (Lipinski definition) is 7. The Kier molecular flexibility index (Phi) is 7.28. The minimum atomic E-state index is -3.77. The van der Waals surface area contributed by atoms with Crippen LogP contribution in [0, 0.1) is 10.1 Å². The van der Waals surface area contributed by atoms with Gasteiger partial charge < -0.3 is 20.0 Å². The predicted molar refractivity (Wildman–Crippen MR) is 156 cm³/mol. The molecule has 2 N–H and O–H groups in total. The zero-order chi connectivity index (χ0) is 27.9. The largest absolute Gasteiger partial charge is 0.379 e. The first kappa shape index (κ1) is 27.3. The molecule has 3 heterocycles. The number of nitrogens with zero attached hydrogens (tertiary/aromatic N) is 3. The van der Waals surface area contributed by atoms with E-state index in [1.165, 1.54) is 17.4 Å². The summed E-state index contributed by atoms with van der Waals surface area (Å²) in [5, 5.41) is 20.2. The number of rotatable bonds is 7. The summed E-state index contributed by atoms with van der Waals surface area (Å²) in [4.78, 5) is 27.3. The van der Waals surface area contributed by atoms with Crippen molar-refractivity contribution >= 4 is 52.7 Å². The van der Waals surface area contributed by atoms with Crippen molar-refractivity contribution in [2.24, 2.45) is 0 Å². The highest BCUT2D eigenvalue weighted by atomic mass is 32.1. The molecule has 1 saturated heterocycles. The van der Waals surface area contributed by atoms with E-state index in [-0.39, 0.29) is 28.7 Å². The fourth-order valence-electron chi connectivity index (χ4n) is 5.25. The Morgan fingerprint density at radius 1 is 1.15 bits per heavy atom. The topological polar surface area (TPSA) is 117 Å². The summed E-state index contributed by atoms with van der Waals surface area (Å²) in [7, 11) is -1.76. The van der Waals surface area contributed by atoms with Crippen LogP contribution >= 0.6 is 18.8 Å². The molecule has 0 spiro atoms. The summed E-state index contributed by atoms with van der Waals surface area (Å²) in [5.74, 6) is -0.307. The highest BCUT2D eigenvalue weighted by Crippen LogP contribution is 2.54. The second-order valence-electron chi connectivity index (χ2n) is 10.4. The number of para-hydroxylation sites is 2. The lowest BCUT2D eigenvalue weighted by Crippen LogP contribution is -2.40. The third-order valence-corrected chi connectivity index (χ3v) is 11.5. The zero-order valence-electron chi connectivity index (χ0n) is 22.3. The van der Waals surface area contributed by atoms with Gasteiger partial charge in [-0.05, 0) is 42.1 Å². The van der Waals surface area contributed by atoms with E-state index in [4.69, 9.17) is 4.74 Å². The quantitative estimate of drug-likeness (QED) is 0.224. The van der Waals surface area contributed by atoms with Crippen molar-refractivity contribution in [2.45, 2.75) is 32.2 Å². The van der Waals surface area contributed by atoms with Crippen molar-refractivity contribution in [2.75, 3.05) is 48.7 Å². The normalized spacial score (nSPS) is 20.2. The Balaban J connectivity index is 1.72. The van der Waals surface area contributed by atoms with Crippen LogP contribution in [0.4, 0.5) is 22.7 Å². The number of fused-ring (bicyclic) bond motifs is 1. The molecular formula is C27H32N5O5PS. The molecule has 0 saturated carbocycles. The van der Waals surface area contributed by atoms with E-state index in [1.807, 2.05) is 24.6 Å². The maximum Gasteiger partial charge on any atom is 0.292 e. The van der Waals surface area contributed by atoms with Gasteiger partial charge in [0.2, 0.25) is 0 Å². The summed E-state index contributed by atoms with van der Waals surface area (Å²) in [6.45, 7) is 7.88. The van der Waals surface area contributed by atoms with Crippen LogP contribution in [0.5, 0.6) is 0 Å².